The van der Waals surface area contributed by atoms with Crippen LogP contribution in [0.25, 0.3) is 22.2 Å². The van der Waals surface area contributed by atoms with Gasteiger partial charge in [-0.1, -0.05) is 18.2 Å². The number of piperidine rings is 1. The number of amides is 2. The molecule has 0 bridgehead atoms. The van der Waals surface area contributed by atoms with Crippen LogP contribution in [0.2, 0.25) is 5.02 Å². The molecule has 0 aliphatic carbocycles. The number of carbonyl (C=O) groups excluding carboxylic acids is 2. The number of rotatable bonds is 5. The topological polar surface area (TPSA) is 119 Å². The van der Waals surface area contributed by atoms with Gasteiger partial charge in [0.2, 0.25) is 11.7 Å². The Hall–Kier alpha value is -4.25. The number of likely N-dealkylation sites (tertiary alicyclic amines) is 1. The van der Waals surface area contributed by atoms with Crippen molar-refractivity contribution in [3.63, 3.8) is 0 Å². The van der Waals surface area contributed by atoms with Gasteiger partial charge in [-0.3, -0.25) is 19.3 Å². The monoisotopic (exact) mass is 506 g/mol. The minimum absolute atomic E-state index is 0.0874. The number of pyridine rings is 2. The minimum Gasteiger partial charge on any atom is -0.337 e. The molecule has 5 rings (SSSR count). The van der Waals surface area contributed by atoms with E-state index in [1.807, 2.05) is 4.68 Å². The van der Waals surface area contributed by atoms with Gasteiger partial charge in [-0.05, 0) is 31.1 Å². The largest absolute Gasteiger partial charge is 0.337 e. The van der Waals surface area contributed by atoms with Crippen molar-refractivity contribution >= 4 is 40.1 Å². The van der Waals surface area contributed by atoms with Gasteiger partial charge < -0.3 is 10.2 Å². The van der Waals surface area contributed by atoms with Gasteiger partial charge in [0.05, 0.1) is 22.8 Å². The third kappa shape index (κ3) is 4.52. The molecule has 10 nitrogen and oxygen atoms in total. The van der Waals surface area contributed by atoms with E-state index in [1.54, 1.807) is 17.3 Å². The average Bonchev–Trinajstić information content (AvgIpc) is 3.31. The van der Waals surface area contributed by atoms with Crippen LogP contribution >= 0.6 is 11.6 Å². The highest BCUT2D eigenvalue weighted by Crippen LogP contribution is 2.35. The second-order valence-corrected chi connectivity index (χ2v) is 8.61. The smallest absolute Gasteiger partial charge is 0.294 e. The fourth-order valence-electron chi connectivity index (χ4n) is 4.20. The van der Waals surface area contributed by atoms with Crippen LogP contribution in [0.3, 0.4) is 0 Å². The van der Waals surface area contributed by atoms with Crippen molar-refractivity contribution in [2.75, 3.05) is 18.4 Å². The highest BCUT2D eigenvalue weighted by Gasteiger charge is 2.27. The molecule has 0 unspecified atom stereocenters. The fourth-order valence-corrected chi connectivity index (χ4v) is 4.44. The zero-order chi connectivity index (χ0) is 25.2. The molecule has 1 fully saturated rings. The molecule has 1 N–H and O–H groups in total. The fraction of sp³-hybridized carbons (Fsp3) is 0.208. The maximum absolute atomic E-state index is 13.0. The van der Waals surface area contributed by atoms with Crippen molar-refractivity contribution in [2.45, 2.75) is 18.9 Å². The molecular weight excluding hydrogens is 487 g/mol. The molecule has 5 heterocycles. The second kappa shape index (κ2) is 9.78. The van der Waals surface area contributed by atoms with E-state index in [0.29, 0.717) is 40.3 Å². The minimum atomic E-state index is -0.588. The van der Waals surface area contributed by atoms with E-state index in [-0.39, 0.29) is 23.6 Å². The summed E-state index contributed by atoms with van der Waals surface area (Å²) >= 11 is 6.53. The highest BCUT2D eigenvalue weighted by molar-refractivity contribution is 6.35. The Labute approximate surface area is 209 Å². The number of hydrogen-bond donors (Lipinski definition) is 1. The summed E-state index contributed by atoms with van der Waals surface area (Å²) in [5.74, 6) is -1.13. The number of hydrogen-bond acceptors (Lipinski definition) is 7. The van der Waals surface area contributed by atoms with Crippen molar-refractivity contribution in [3.8, 4) is 11.3 Å². The number of nitrogens with one attached hydrogen (secondary N) is 1. The van der Waals surface area contributed by atoms with E-state index < -0.39 is 11.7 Å². The molecule has 1 aliphatic heterocycles. The summed E-state index contributed by atoms with van der Waals surface area (Å²) < 4.78 is 14.9. The van der Waals surface area contributed by atoms with E-state index in [4.69, 9.17) is 16.7 Å². The standard InChI is InChI=1S/C24H20ClFN8O2/c1-2-20(35)33-7-3-4-16(13-33)34-22-17(11-27-12-18(22)25)21(32-34)14-8-29-23(30-9-14)24(36)31-19-6-5-15(26)10-28-19/h2,5-6,8-12,16H,1,3-4,7,13H2,(H,28,31,36)/t16-/m1/s1. The van der Waals surface area contributed by atoms with Gasteiger partial charge >= 0.3 is 0 Å². The van der Waals surface area contributed by atoms with Gasteiger partial charge in [0.25, 0.3) is 5.91 Å². The second-order valence-electron chi connectivity index (χ2n) is 8.21. The molecular formula is C24H20ClFN8O2. The lowest BCUT2D eigenvalue weighted by atomic mass is 10.1. The van der Waals surface area contributed by atoms with Crippen molar-refractivity contribution in [3.05, 3.63) is 72.4 Å². The summed E-state index contributed by atoms with van der Waals surface area (Å²) in [6, 6.07) is 2.44. The predicted molar refractivity (Wildman–Crippen MR) is 131 cm³/mol. The van der Waals surface area contributed by atoms with Crippen LogP contribution in [0.1, 0.15) is 29.5 Å². The third-order valence-corrected chi connectivity index (χ3v) is 6.17. The van der Waals surface area contributed by atoms with Gasteiger partial charge in [0, 0.05) is 48.8 Å². The van der Waals surface area contributed by atoms with Crippen LogP contribution in [0.15, 0.2) is 55.8 Å². The predicted octanol–water partition coefficient (Wildman–Crippen LogP) is 3.68. The molecule has 12 heteroatoms. The third-order valence-electron chi connectivity index (χ3n) is 5.89. The molecule has 1 aliphatic rings. The lowest BCUT2D eigenvalue weighted by Crippen LogP contribution is -2.40. The van der Waals surface area contributed by atoms with Crippen LogP contribution in [0.5, 0.6) is 0 Å². The van der Waals surface area contributed by atoms with Gasteiger partial charge in [-0.25, -0.2) is 19.3 Å². The van der Waals surface area contributed by atoms with Crippen LogP contribution in [0.4, 0.5) is 10.2 Å². The molecule has 4 aromatic heterocycles. The maximum atomic E-state index is 13.0. The lowest BCUT2D eigenvalue weighted by molar-refractivity contribution is -0.127. The van der Waals surface area contributed by atoms with Crippen LogP contribution in [0, 0.1) is 5.82 Å². The molecule has 0 saturated carbocycles. The molecule has 36 heavy (non-hydrogen) atoms. The molecule has 1 atom stereocenters. The van der Waals surface area contributed by atoms with E-state index in [1.165, 1.54) is 30.6 Å². The number of aromatic nitrogens is 6. The van der Waals surface area contributed by atoms with E-state index in [9.17, 15) is 14.0 Å². The highest BCUT2D eigenvalue weighted by atomic mass is 35.5. The summed E-state index contributed by atoms with van der Waals surface area (Å²) in [7, 11) is 0. The van der Waals surface area contributed by atoms with Gasteiger partial charge in [-0.2, -0.15) is 5.10 Å². The Morgan fingerprint density at radius 1 is 1.14 bits per heavy atom. The Kier molecular flexibility index (Phi) is 6.38. The first-order valence-electron chi connectivity index (χ1n) is 11.1. The Balaban J connectivity index is 1.45. The molecule has 182 valence electrons. The maximum Gasteiger partial charge on any atom is 0.294 e. The molecule has 0 spiro atoms. The first-order chi connectivity index (χ1) is 17.4. The van der Waals surface area contributed by atoms with Crippen molar-refractivity contribution in [1.29, 1.82) is 0 Å². The van der Waals surface area contributed by atoms with Crippen LogP contribution in [-0.2, 0) is 4.79 Å². The van der Waals surface area contributed by atoms with Gasteiger partial charge in [0.1, 0.15) is 17.3 Å². The Bertz CT molecular complexity index is 1460. The van der Waals surface area contributed by atoms with E-state index in [0.717, 1.165) is 19.0 Å². The van der Waals surface area contributed by atoms with Crippen molar-refractivity contribution in [1.82, 2.24) is 34.6 Å². The first kappa shape index (κ1) is 23.5. The Morgan fingerprint density at radius 2 is 1.94 bits per heavy atom. The van der Waals surface area contributed by atoms with Crippen molar-refractivity contribution in [2.24, 2.45) is 0 Å². The summed E-state index contributed by atoms with van der Waals surface area (Å²) in [5, 5.41) is 8.47. The number of carbonyl (C=O) groups is 2. The first-order valence-corrected chi connectivity index (χ1v) is 11.5. The number of halogens is 2. The van der Waals surface area contributed by atoms with Gasteiger partial charge in [-0.15, -0.1) is 0 Å². The van der Waals surface area contributed by atoms with Crippen LogP contribution in [-0.4, -0.2) is 59.5 Å². The molecule has 1 saturated heterocycles. The molecule has 4 aromatic rings. The zero-order valence-electron chi connectivity index (χ0n) is 18.9. The summed E-state index contributed by atoms with van der Waals surface area (Å²) in [5.41, 5.74) is 1.82. The SMILES string of the molecule is C=CC(=O)N1CCC[C@@H](n2nc(-c3cnc(C(=O)Nc4ccc(F)cn4)nc3)c3cncc(Cl)c32)C1. The van der Waals surface area contributed by atoms with E-state index in [2.05, 4.69) is 31.8 Å². The number of nitrogens with zero attached hydrogens (tertiary/aromatic N) is 7. The number of anilines is 1. The normalized spacial score (nSPS) is 15.6. The quantitative estimate of drug-likeness (QED) is 0.410. The zero-order valence-corrected chi connectivity index (χ0v) is 19.7. The van der Waals surface area contributed by atoms with Crippen LogP contribution < -0.4 is 5.32 Å². The van der Waals surface area contributed by atoms with Gasteiger partial charge in [0.15, 0.2) is 0 Å². The average molecular weight is 507 g/mol. The summed E-state index contributed by atoms with van der Waals surface area (Å²) in [4.78, 5) is 42.8. The summed E-state index contributed by atoms with van der Waals surface area (Å²) in [6.45, 7) is 4.72. The summed E-state index contributed by atoms with van der Waals surface area (Å²) in [6.07, 6.45) is 10.1. The molecule has 2 amide bonds. The molecule has 0 radical (unpaired) electrons. The van der Waals surface area contributed by atoms with E-state index >= 15 is 0 Å². The Morgan fingerprint density at radius 3 is 2.67 bits per heavy atom. The van der Waals surface area contributed by atoms with Crippen molar-refractivity contribution < 1.29 is 14.0 Å². The number of fused-ring (bicyclic) bond motifs is 1. The molecule has 0 aromatic carbocycles. The lowest BCUT2D eigenvalue weighted by Gasteiger charge is -2.32.